The number of nitrogens with zero attached hydrogens (tertiary/aromatic N) is 1. The summed E-state index contributed by atoms with van der Waals surface area (Å²) in [5.41, 5.74) is 0. The van der Waals surface area contributed by atoms with Crippen molar-refractivity contribution in [2.75, 3.05) is 6.54 Å². The van der Waals surface area contributed by atoms with Gasteiger partial charge in [-0.15, -0.1) is 0 Å². The van der Waals surface area contributed by atoms with Gasteiger partial charge in [0.25, 0.3) is 0 Å². The van der Waals surface area contributed by atoms with Gasteiger partial charge >= 0.3 is 0 Å². The van der Waals surface area contributed by atoms with E-state index in [4.69, 9.17) is 4.42 Å². The van der Waals surface area contributed by atoms with Crippen LogP contribution in [0.3, 0.4) is 0 Å². The fourth-order valence-electron chi connectivity index (χ4n) is 1.16. The molecule has 3 nitrogen and oxygen atoms in total. The number of nitrogens with one attached hydrogen (secondary N) is 1. The molecular weight excluding hydrogens is 164 g/mol. The normalized spacial score (nSPS) is 13.6. The molecule has 0 saturated heterocycles. The molecule has 1 atom stereocenters. The molecule has 0 spiro atoms. The lowest BCUT2D eigenvalue weighted by Crippen LogP contribution is -2.17. The number of hydrogen-bond donors (Lipinski definition) is 1. The molecule has 3 heteroatoms. The van der Waals surface area contributed by atoms with Crippen LogP contribution in [-0.2, 0) is 0 Å². The number of rotatable bonds is 4. The molecule has 1 rings (SSSR count). The average Bonchev–Trinajstić information content (AvgIpc) is 2.52. The fourth-order valence-corrected chi connectivity index (χ4v) is 1.16. The minimum atomic E-state index is 0.206. The van der Waals surface area contributed by atoms with E-state index in [9.17, 15) is 0 Å². The van der Waals surface area contributed by atoms with Crippen LogP contribution in [0.5, 0.6) is 0 Å². The van der Waals surface area contributed by atoms with Crippen LogP contribution in [0.25, 0.3) is 0 Å². The molecule has 0 aliphatic heterocycles. The molecule has 74 valence electrons. The van der Waals surface area contributed by atoms with E-state index in [1.807, 2.05) is 6.20 Å². The number of aromatic nitrogens is 1. The summed E-state index contributed by atoms with van der Waals surface area (Å²) in [5.74, 6) is 2.15. The zero-order valence-corrected chi connectivity index (χ0v) is 8.79. The van der Waals surface area contributed by atoms with E-state index in [0.29, 0.717) is 5.92 Å². The van der Waals surface area contributed by atoms with Gasteiger partial charge in [-0.3, -0.25) is 0 Å². The van der Waals surface area contributed by atoms with Gasteiger partial charge in [0.05, 0.1) is 12.2 Å². The maximum Gasteiger partial charge on any atom is 0.211 e. The summed E-state index contributed by atoms with van der Waals surface area (Å²) in [7, 11) is 0. The first-order chi connectivity index (χ1) is 6.15. The van der Waals surface area contributed by atoms with E-state index >= 15 is 0 Å². The summed E-state index contributed by atoms with van der Waals surface area (Å²) in [4.78, 5) is 4.23. The molecule has 0 aromatic carbocycles. The smallest absolute Gasteiger partial charge is 0.211 e. The van der Waals surface area contributed by atoms with E-state index in [-0.39, 0.29) is 6.04 Å². The molecule has 0 saturated carbocycles. The van der Waals surface area contributed by atoms with Crippen LogP contribution in [-0.4, -0.2) is 11.5 Å². The Bertz CT molecular complexity index is 255. The minimum absolute atomic E-state index is 0.206. The van der Waals surface area contributed by atoms with E-state index < -0.39 is 0 Å². The van der Waals surface area contributed by atoms with Crippen LogP contribution < -0.4 is 5.32 Å². The van der Waals surface area contributed by atoms with Gasteiger partial charge in [-0.05, 0) is 13.5 Å². The summed E-state index contributed by atoms with van der Waals surface area (Å²) < 4.78 is 5.59. The summed E-state index contributed by atoms with van der Waals surface area (Å²) in [5, 5.41) is 3.26. The first-order valence-corrected chi connectivity index (χ1v) is 4.84. The quantitative estimate of drug-likeness (QED) is 0.777. The van der Waals surface area contributed by atoms with Crippen LogP contribution in [0.4, 0.5) is 0 Å². The average molecular weight is 182 g/mol. The van der Waals surface area contributed by atoms with Crippen molar-refractivity contribution in [2.45, 2.75) is 39.7 Å². The molecule has 1 unspecified atom stereocenters. The zero-order chi connectivity index (χ0) is 9.84. The largest absolute Gasteiger partial charge is 0.444 e. The van der Waals surface area contributed by atoms with Crippen LogP contribution in [0, 0.1) is 0 Å². The van der Waals surface area contributed by atoms with Gasteiger partial charge in [0.15, 0.2) is 0 Å². The van der Waals surface area contributed by atoms with Crippen molar-refractivity contribution >= 4 is 0 Å². The summed E-state index contributed by atoms with van der Waals surface area (Å²) in [6.45, 7) is 9.26. The minimum Gasteiger partial charge on any atom is -0.444 e. The highest BCUT2D eigenvalue weighted by Gasteiger charge is 2.12. The molecule has 13 heavy (non-hydrogen) atoms. The Labute approximate surface area is 79.5 Å². The maximum absolute atomic E-state index is 5.59. The van der Waals surface area contributed by atoms with Gasteiger partial charge in [-0.2, -0.15) is 0 Å². The van der Waals surface area contributed by atoms with Crippen LogP contribution in [0.15, 0.2) is 10.6 Å². The Balaban J connectivity index is 2.67. The number of oxazole rings is 1. The second kappa shape index (κ2) is 4.42. The molecule has 0 aliphatic rings. The SMILES string of the molecule is CCNC(C)c1ncc(C(C)C)o1. The predicted molar refractivity (Wildman–Crippen MR) is 52.7 cm³/mol. The lowest BCUT2D eigenvalue weighted by atomic mass is 10.2. The van der Waals surface area contributed by atoms with Gasteiger partial charge in [-0.1, -0.05) is 20.8 Å². The van der Waals surface area contributed by atoms with Crippen molar-refractivity contribution in [3.05, 3.63) is 17.8 Å². The Morgan fingerprint density at radius 3 is 2.62 bits per heavy atom. The maximum atomic E-state index is 5.59. The van der Waals surface area contributed by atoms with Gasteiger partial charge < -0.3 is 9.73 Å². The third-order valence-electron chi connectivity index (χ3n) is 1.99. The van der Waals surface area contributed by atoms with Gasteiger partial charge in [0.2, 0.25) is 5.89 Å². The van der Waals surface area contributed by atoms with Crippen molar-refractivity contribution < 1.29 is 4.42 Å². The Morgan fingerprint density at radius 2 is 2.15 bits per heavy atom. The monoisotopic (exact) mass is 182 g/mol. The molecule has 1 aromatic heterocycles. The molecule has 0 radical (unpaired) electrons. The molecule has 0 aliphatic carbocycles. The second-order valence-corrected chi connectivity index (χ2v) is 3.53. The first-order valence-electron chi connectivity index (χ1n) is 4.84. The molecule has 1 heterocycles. The summed E-state index contributed by atoms with van der Waals surface area (Å²) >= 11 is 0. The standard InChI is InChI=1S/C10H18N2O/c1-5-11-8(4)10-12-6-9(13-10)7(2)3/h6-8,11H,5H2,1-4H3. The Hall–Kier alpha value is -0.830. The fraction of sp³-hybridized carbons (Fsp3) is 0.700. The summed E-state index contributed by atoms with van der Waals surface area (Å²) in [6, 6.07) is 0.206. The lowest BCUT2D eigenvalue weighted by molar-refractivity contribution is 0.389. The van der Waals surface area contributed by atoms with Gasteiger partial charge in [-0.25, -0.2) is 4.98 Å². The van der Waals surface area contributed by atoms with Crippen molar-refractivity contribution in [3.8, 4) is 0 Å². The zero-order valence-electron chi connectivity index (χ0n) is 8.79. The lowest BCUT2D eigenvalue weighted by Gasteiger charge is -2.07. The van der Waals surface area contributed by atoms with Crippen molar-refractivity contribution in [1.82, 2.24) is 10.3 Å². The highest BCUT2D eigenvalue weighted by Crippen LogP contribution is 2.18. The highest BCUT2D eigenvalue weighted by atomic mass is 16.4. The highest BCUT2D eigenvalue weighted by molar-refractivity contribution is 5.01. The van der Waals surface area contributed by atoms with E-state index in [2.05, 4.69) is 38.0 Å². The van der Waals surface area contributed by atoms with Crippen molar-refractivity contribution in [2.24, 2.45) is 0 Å². The van der Waals surface area contributed by atoms with Gasteiger partial charge in [0, 0.05) is 5.92 Å². The van der Waals surface area contributed by atoms with Crippen molar-refractivity contribution in [3.63, 3.8) is 0 Å². The third kappa shape index (κ3) is 2.56. The predicted octanol–water partition coefficient (Wildman–Crippen LogP) is 2.47. The van der Waals surface area contributed by atoms with Gasteiger partial charge in [0.1, 0.15) is 5.76 Å². The van der Waals surface area contributed by atoms with Crippen LogP contribution in [0.2, 0.25) is 0 Å². The molecular formula is C10H18N2O. The first kappa shape index (κ1) is 10.3. The van der Waals surface area contributed by atoms with E-state index in [0.717, 1.165) is 18.2 Å². The van der Waals surface area contributed by atoms with E-state index in [1.165, 1.54) is 0 Å². The topological polar surface area (TPSA) is 38.1 Å². The third-order valence-corrected chi connectivity index (χ3v) is 1.99. The van der Waals surface area contributed by atoms with Crippen LogP contribution >= 0.6 is 0 Å². The van der Waals surface area contributed by atoms with Crippen molar-refractivity contribution in [1.29, 1.82) is 0 Å². The summed E-state index contributed by atoms with van der Waals surface area (Å²) in [6.07, 6.45) is 1.81. The molecule has 1 N–H and O–H groups in total. The molecule has 0 amide bonds. The Kier molecular flexibility index (Phi) is 3.48. The molecule has 0 fully saturated rings. The number of hydrogen-bond acceptors (Lipinski definition) is 3. The second-order valence-electron chi connectivity index (χ2n) is 3.53. The molecule has 0 bridgehead atoms. The van der Waals surface area contributed by atoms with Crippen LogP contribution in [0.1, 0.15) is 51.3 Å². The van der Waals surface area contributed by atoms with E-state index in [1.54, 1.807) is 0 Å². The Morgan fingerprint density at radius 1 is 1.46 bits per heavy atom. The molecule has 1 aromatic rings.